The zero-order valence-corrected chi connectivity index (χ0v) is 17.4. The van der Waals surface area contributed by atoms with Crippen molar-refractivity contribution in [1.29, 1.82) is 0 Å². The summed E-state index contributed by atoms with van der Waals surface area (Å²) in [5.74, 6) is -0.695. The third kappa shape index (κ3) is 18.1. The van der Waals surface area contributed by atoms with Gasteiger partial charge in [-0.2, -0.15) is 0 Å². The first kappa shape index (κ1) is 24.5. The van der Waals surface area contributed by atoms with Crippen LogP contribution in [0, 0.1) is 5.92 Å². The Kier molecular flexibility index (Phi) is 19.4. The Bertz CT molecular complexity index is 275. The van der Waals surface area contributed by atoms with Crippen molar-refractivity contribution in [3.8, 4) is 0 Å². The summed E-state index contributed by atoms with van der Waals surface area (Å²) in [6.07, 6.45) is 24.6. The Labute approximate surface area is 158 Å². The van der Waals surface area contributed by atoms with E-state index >= 15 is 0 Å². The van der Waals surface area contributed by atoms with Crippen LogP contribution in [0.5, 0.6) is 0 Å². The molecule has 0 amide bonds. The van der Waals surface area contributed by atoms with Gasteiger partial charge in [-0.3, -0.25) is 4.79 Å². The van der Waals surface area contributed by atoms with Crippen LogP contribution in [-0.2, 0) is 4.79 Å². The minimum atomic E-state index is -0.595. The predicted molar refractivity (Wildman–Crippen MR) is 110 cm³/mol. The molecule has 0 aromatic carbocycles. The highest BCUT2D eigenvalue weighted by atomic mass is 16.4. The molecular formula is C23H46O2. The first-order valence-corrected chi connectivity index (χ1v) is 11.4. The van der Waals surface area contributed by atoms with Gasteiger partial charge in [-0.15, -0.1) is 0 Å². The number of unbranched alkanes of at least 4 members (excludes halogenated alkanes) is 15. The van der Waals surface area contributed by atoms with Gasteiger partial charge in [-0.1, -0.05) is 123 Å². The first-order chi connectivity index (χ1) is 12.2. The molecule has 1 unspecified atom stereocenters. The standard InChI is InChI=1S/C23H46O2/c1-3-5-6-7-8-9-10-11-12-13-14-15-16-17-18-19-21-22(20-4-2)23(24)25/h22H,3-21H2,1-2H3,(H,24,25). The third-order valence-corrected chi connectivity index (χ3v) is 5.39. The lowest BCUT2D eigenvalue weighted by atomic mass is 9.96. The number of hydrogen-bond donors (Lipinski definition) is 1. The van der Waals surface area contributed by atoms with Gasteiger partial charge in [-0.05, 0) is 12.8 Å². The number of hydrogen-bond acceptors (Lipinski definition) is 1. The van der Waals surface area contributed by atoms with E-state index in [1.165, 1.54) is 96.3 Å². The van der Waals surface area contributed by atoms with Gasteiger partial charge in [0.15, 0.2) is 0 Å². The highest BCUT2D eigenvalue weighted by molar-refractivity contribution is 5.69. The van der Waals surface area contributed by atoms with Crippen LogP contribution in [0.25, 0.3) is 0 Å². The summed E-state index contributed by atoms with van der Waals surface area (Å²) < 4.78 is 0. The van der Waals surface area contributed by atoms with E-state index < -0.39 is 5.97 Å². The van der Waals surface area contributed by atoms with Crippen molar-refractivity contribution in [2.75, 3.05) is 0 Å². The lowest BCUT2D eigenvalue weighted by Gasteiger charge is -2.10. The third-order valence-electron chi connectivity index (χ3n) is 5.39. The quantitative estimate of drug-likeness (QED) is 0.224. The Morgan fingerprint density at radius 3 is 1.24 bits per heavy atom. The molecule has 2 heteroatoms. The second-order valence-electron chi connectivity index (χ2n) is 7.92. The second kappa shape index (κ2) is 19.8. The maximum absolute atomic E-state index is 11.1. The average molecular weight is 355 g/mol. The van der Waals surface area contributed by atoms with Gasteiger partial charge < -0.3 is 5.11 Å². The number of carboxylic acid groups (broad SMARTS) is 1. The predicted octanol–water partition coefficient (Wildman–Crippen LogP) is 8.14. The van der Waals surface area contributed by atoms with Crippen LogP contribution in [0.1, 0.15) is 136 Å². The lowest BCUT2D eigenvalue weighted by molar-refractivity contribution is -0.142. The Hall–Kier alpha value is -0.530. The van der Waals surface area contributed by atoms with E-state index in [2.05, 4.69) is 13.8 Å². The van der Waals surface area contributed by atoms with Crippen molar-refractivity contribution < 1.29 is 9.90 Å². The molecule has 0 saturated heterocycles. The topological polar surface area (TPSA) is 37.3 Å². The molecule has 150 valence electrons. The van der Waals surface area contributed by atoms with Crippen LogP contribution in [0.2, 0.25) is 0 Å². The molecule has 1 atom stereocenters. The van der Waals surface area contributed by atoms with Gasteiger partial charge in [0.1, 0.15) is 0 Å². The van der Waals surface area contributed by atoms with Crippen LogP contribution in [0.4, 0.5) is 0 Å². The van der Waals surface area contributed by atoms with Crippen LogP contribution in [0.15, 0.2) is 0 Å². The summed E-state index contributed by atoms with van der Waals surface area (Å²) >= 11 is 0. The number of rotatable bonds is 20. The first-order valence-electron chi connectivity index (χ1n) is 11.4. The van der Waals surface area contributed by atoms with Crippen LogP contribution >= 0.6 is 0 Å². The molecule has 0 bridgehead atoms. The highest BCUT2D eigenvalue weighted by Gasteiger charge is 2.15. The summed E-state index contributed by atoms with van der Waals surface area (Å²) in [6.45, 7) is 4.35. The Morgan fingerprint density at radius 1 is 0.560 bits per heavy atom. The molecule has 0 heterocycles. The minimum Gasteiger partial charge on any atom is -0.481 e. The number of carbonyl (C=O) groups is 1. The zero-order chi connectivity index (χ0) is 18.6. The fourth-order valence-electron chi connectivity index (χ4n) is 3.68. The van der Waals surface area contributed by atoms with Crippen molar-refractivity contribution in [2.45, 2.75) is 136 Å². The zero-order valence-electron chi connectivity index (χ0n) is 17.4. The molecule has 0 aliphatic heterocycles. The van der Waals surface area contributed by atoms with E-state index in [4.69, 9.17) is 5.11 Å². The molecular weight excluding hydrogens is 308 g/mol. The van der Waals surface area contributed by atoms with Crippen molar-refractivity contribution >= 4 is 5.97 Å². The largest absolute Gasteiger partial charge is 0.481 e. The summed E-state index contributed by atoms with van der Waals surface area (Å²) in [6, 6.07) is 0. The van der Waals surface area contributed by atoms with E-state index in [1.807, 2.05) is 0 Å². The van der Waals surface area contributed by atoms with E-state index in [1.54, 1.807) is 0 Å². The summed E-state index contributed by atoms with van der Waals surface area (Å²) in [5, 5.41) is 9.13. The minimum absolute atomic E-state index is 0.100. The van der Waals surface area contributed by atoms with Crippen molar-refractivity contribution in [1.82, 2.24) is 0 Å². The van der Waals surface area contributed by atoms with E-state index in [-0.39, 0.29) is 5.92 Å². The monoisotopic (exact) mass is 354 g/mol. The smallest absolute Gasteiger partial charge is 0.306 e. The summed E-state index contributed by atoms with van der Waals surface area (Å²) in [4.78, 5) is 11.1. The normalized spacial score (nSPS) is 12.4. The average Bonchev–Trinajstić information content (AvgIpc) is 2.60. The molecule has 0 fully saturated rings. The maximum Gasteiger partial charge on any atom is 0.306 e. The number of carboxylic acids is 1. The summed E-state index contributed by atoms with van der Waals surface area (Å²) in [7, 11) is 0. The van der Waals surface area contributed by atoms with Crippen molar-refractivity contribution in [3.05, 3.63) is 0 Å². The van der Waals surface area contributed by atoms with E-state index in [0.29, 0.717) is 0 Å². The molecule has 1 N–H and O–H groups in total. The molecule has 25 heavy (non-hydrogen) atoms. The summed E-state index contributed by atoms with van der Waals surface area (Å²) in [5.41, 5.74) is 0. The van der Waals surface area contributed by atoms with Crippen LogP contribution < -0.4 is 0 Å². The second-order valence-corrected chi connectivity index (χ2v) is 7.92. The SMILES string of the molecule is CCCCCCCCCCCCCCCCCCC(CCC)C(=O)O. The molecule has 0 aromatic rings. The van der Waals surface area contributed by atoms with Gasteiger partial charge in [0, 0.05) is 0 Å². The highest BCUT2D eigenvalue weighted by Crippen LogP contribution is 2.18. The van der Waals surface area contributed by atoms with E-state index in [9.17, 15) is 4.79 Å². The lowest BCUT2D eigenvalue weighted by Crippen LogP contribution is -2.13. The van der Waals surface area contributed by atoms with Crippen LogP contribution in [0.3, 0.4) is 0 Å². The molecule has 0 radical (unpaired) electrons. The van der Waals surface area contributed by atoms with Gasteiger partial charge in [0.2, 0.25) is 0 Å². The molecule has 2 nitrogen and oxygen atoms in total. The molecule has 0 aromatic heterocycles. The molecule has 0 spiro atoms. The Morgan fingerprint density at radius 2 is 0.920 bits per heavy atom. The van der Waals surface area contributed by atoms with Crippen LogP contribution in [-0.4, -0.2) is 11.1 Å². The maximum atomic E-state index is 11.1. The van der Waals surface area contributed by atoms with Gasteiger partial charge in [-0.25, -0.2) is 0 Å². The van der Waals surface area contributed by atoms with Crippen molar-refractivity contribution in [2.24, 2.45) is 5.92 Å². The Balaban J connectivity index is 3.17. The molecule has 0 aliphatic carbocycles. The number of aliphatic carboxylic acids is 1. The molecule has 0 aliphatic rings. The van der Waals surface area contributed by atoms with Gasteiger partial charge in [0.05, 0.1) is 5.92 Å². The molecule has 0 saturated carbocycles. The van der Waals surface area contributed by atoms with Gasteiger partial charge >= 0.3 is 5.97 Å². The fraction of sp³-hybridized carbons (Fsp3) is 0.957. The van der Waals surface area contributed by atoms with E-state index in [0.717, 1.165) is 25.7 Å². The molecule has 0 rings (SSSR count). The fourth-order valence-corrected chi connectivity index (χ4v) is 3.68. The van der Waals surface area contributed by atoms with Gasteiger partial charge in [0.25, 0.3) is 0 Å². The van der Waals surface area contributed by atoms with Crippen molar-refractivity contribution in [3.63, 3.8) is 0 Å².